The van der Waals surface area contributed by atoms with E-state index in [1.54, 1.807) is 30.3 Å². The van der Waals surface area contributed by atoms with Crippen LogP contribution in [0.1, 0.15) is 61.8 Å². The third kappa shape index (κ3) is 5.78. The smallest absolute Gasteiger partial charge is 0.343 e. The number of hydrogen-bond donors (Lipinski definition) is 3. The molecule has 9 heteroatoms. The average Bonchev–Trinajstić information content (AvgIpc) is 3.75. The second-order valence-electron chi connectivity index (χ2n) is 10.4. The Labute approximate surface area is 227 Å². The van der Waals surface area contributed by atoms with Gasteiger partial charge in [0.25, 0.3) is 10.0 Å². The molecule has 2 aliphatic carbocycles. The van der Waals surface area contributed by atoms with E-state index in [0.29, 0.717) is 17.7 Å². The van der Waals surface area contributed by atoms with E-state index in [2.05, 4.69) is 34.9 Å². The van der Waals surface area contributed by atoms with Crippen molar-refractivity contribution >= 4 is 15.7 Å². The highest BCUT2D eigenvalue weighted by Gasteiger charge is 2.38. The normalized spacial score (nSPS) is 19.6. The molecule has 1 aromatic carbocycles. The number of sulfonamides is 1. The Kier molecular flexibility index (Phi) is 7.36. The molecule has 0 saturated heterocycles. The molecule has 39 heavy (non-hydrogen) atoms. The lowest BCUT2D eigenvalue weighted by Gasteiger charge is -2.30. The maximum absolute atomic E-state index is 13.2. The SMILES string of the molecule is CCC1(CCc2cc(O)c(C(c3cccc(NS(=O)(=O)c4ncccc4O)c3)C3CC3)c(=O)o2)C=CC=CC1. The van der Waals surface area contributed by atoms with Crippen LogP contribution >= 0.6 is 0 Å². The Morgan fingerprint density at radius 3 is 2.62 bits per heavy atom. The number of rotatable bonds is 10. The van der Waals surface area contributed by atoms with Gasteiger partial charge in [0.1, 0.15) is 11.5 Å². The van der Waals surface area contributed by atoms with Crippen molar-refractivity contribution in [1.82, 2.24) is 4.98 Å². The van der Waals surface area contributed by atoms with E-state index in [1.165, 1.54) is 18.3 Å². The first-order chi connectivity index (χ1) is 18.7. The second kappa shape index (κ2) is 10.7. The molecule has 2 aromatic heterocycles. The van der Waals surface area contributed by atoms with Crippen molar-refractivity contribution in [2.24, 2.45) is 11.3 Å². The predicted molar refractivity (Wildman–Crippen MR) is 148 cm³/mol. The molecule has 0 bridgehead atoms. The molecule has 3 N–H and O–H groups in total. The molecule has 1 saturated carbocycles. The second-order valence-corrected chi connectivity index (χ2v) is 12.0. The molecule has 204 valence electrons. The number of nitrogens with one attached hydrogen (secondary N) is 1. The number of aromatic nitrogens is 1. The summed E-state index contributed by atoms with van der Waals surface area (Å²) in [6.45, 7) is 2.15. The van der Waals surface area contributed by atoms with Gasteiger partial charge in [-0.3, -0.25) is 4.72 Å². The molecule has 8 nitrogen and oxygen atoms in total. The van der Waals surface area contributed by atoms with E-state index in [0.717, 1.165) is 32.1 Å². The van der Waals surface area contributed by atoms with Crippen LogP contribution in [0.5, 0.6) is 11.5 Å². The zero-order valence-corrected chi connectivity index (χ0v) is 22.5. The van der Waals surface area contributed by atoms with E-state index >= 15 is 0 Å². The van der Waals surface area contributed by atoms with Gasteiger partial charge in [0.05, 0.1) is 5.56 Å². The lowest BCUT2D eigenvalue weighted by molar-refractivity contribution is 0.318. The molecule has 0 radical (unpaired) electrons. The van der Waals surface area contributed by atoms with E-state index in [4.69, 9.17) is 4.42 Å². The maximum atomic E-state index is 13.2. The van der Waals surface area contributed by atoms with Crippen LogP contribution in [0.25, 0.3) is 0 Å². The number of nitrogens with zero attached hydrogens (tertiary/aromatic N) is 1. The quantitative estimate of drug-likeness (QED) is 0.299. The zero-order valence-electron chi connectivity index (χ0n) is 21.7. The van der Waals surface area contributed by atoms with Gasteiger partial charge in [-0.15, -0.1) is 0 Å². The highest BCUT2D eigenvalue weighted by molar-refractivity contribution is 7.92. The predicted octanol–water partition coefficient (Wildman–Crippen LogP) is 5.63. The summed E-state index contributed by atoms with van der Waals surface area (Å²) in [5.41, 5.74) is 0.564. The number of aromatic hydroxyl groups is 2. The van der Waals surface area contributed by atoms with Crippen LogP contribution in [-0.2, 0) is 16.4 Å². The highest BCUT2D eigenvalue weighted by atomic mass is 32.2. The monoisotopic (exact) mass is 548 g/mol. The van der Waals surface area contributed by atoms with Crippen molar-refractivity contribution in [3.8, 4) is 11.5 Å². The molecule has 0 amide bonds. The Morgan fingerprint density at radius 2 is 1.95 bits per heavy atom. The van der Waals surface area contributed by atoms with Crippen LogP contribution in [0, 0.1) is 11.3 Å². The number of pyridine rings is 1. The third-order valence-corrected chi connectivity index (χ3v) is 9.05. The molecule has 2 aliphatic rings. The van der Waals surface area contributed by atoms with Crippen molar-refractivity contribution in [2.75, 3.05) is 4.72 Å². The Balaban J connectivity index is 1.41. The summed E-state index contributed by atoms with van der Waals surface area (Å²) in [5, 5.41) is 20.5. The summed E-state index contributed by atoms with van der Waals surface area (Å²) in [6.07, 6.45) is 14.7. The molecular formula is C30H32N2O6S. The van der Waals surface area contributed by atoms with Gasteiger partial charge in [0.15, 0.2) is 5.75 Å². The number of allylic oxidation sites excluding steroid dienone is 4. The topological polar surface area (TPSA) is 130 Å². The first-order valence-corrected chi connectivity index (χ1v) is 14.7. The van der Waals surface area contributed by atoms with Crippen molar-refractivity contribution in [1.29, 1.82) is 0 Å². The largest absolute Gasteiger partial charge is 0.507 e. The summed E-state index contributed by atoms with van der Waals surface area (Å²) >= 11 is 0. The summed E-state index contributed by atoms with van der Waals surface area (Å²) in [6, 6.07) is 10.9. The summed E-state index contributed by atoms with van der Waals surface area (Å²) in [4.78, 5) is 17.0. The van der Waals surface area contributed by atoms with Crippen LogP contribution in [-0.4, -0.2) is 23.6 Å². The summed E-state index contributed by atoms with van der Waals surface area (Å²) < 4.78 is 33.9. The van der Waals surface area contributed by atoms with Gasteiger partial charge in [-0.1, -0.05) is 43.4 Å². The number of hydrogen-bond acceptors (Lipinski definition) is 7. The van der Waals surface area contributed by atoms with Gasteiger partial charge in [0.2, 0.25) is 5.03 Å². The molecule has 2 heterocycles. The van der Waals surface area contributed by atoms with Gasteiger partial charge < -0.3 is 14.6 Å². The molecule has 2 unspecified atom stereocenters. The summed E-state index contributed by atoms with van der Waals surface area (Å²) in [7, 11) is -4.15. The Hall–Kier alpha value is -3.85. The number of benzene rings is 1. The molecule has 5 rings (SSSR count). The van der Waals surface area contributed by atoms with Crippen LogP contribution in [0.3, 0.4) is 0 Å². The minimum absolute atomic E-state index is 0.0119. The van der Waals surface area contributed by atoms with Crippen molar-refractivity contribution < 1.29 is 23.0 Å². The molecule has 3 aromatic rings. The Bertz CT molecular complexity index is 1590. The fourth-order valence-corrected chi connectivity index (χ4v) is 6.42. The third-order valence-electron chi connectivity index (χ3n) is 7.72. The first-order valence-electron chi connectivity index (χ1n) is 13.2. The van der Waals surface area contributed by atoms with E-state index < -0.39 is 32.3 Å². The van der Waals surface area contributed by atoms with Gasteiger partial charge in [-0.05, 0) is 73.3 Å². The summed E-state index contributed by atoms with van der Waals surface area (Å²) in [5.74, 6) is -0.439. The minimum Gasteiger partial charge on any atom is -0.507 e. The minimum atomic E-state index is -4.15. The lowest BCUT2D eigenvalue weighted by atomic mass is 9.75. The molecule has 2 atom stereocenters. The maximum Gasteiger partial charge on any atom is 0.343 e. The number of anilines is 1. The molecule has 0 aliphatic heterocycles. The van der Waals surface area contributed by atoms with Gasteiger partial charge in [-0.2, -0.15) is 8.42 Å². The van der Waals surface area contributed by atoms with Crippen LogP contribution < -0.4 is 10.3 Å². The number of aryl methyl sites for hydroxylation is 1. The van der Waals surface area contributed by atoms with E-state index in [-0.39, 0.29) is 28.3 Å². The van der Waals surface area contributed by atoms with Crippen LogP contribution in [0.15, 0.2) is 87.2 Å². The standard InChI is InChI=1S/C30H32N2O6S/c1-2-30(14-4-3-5-15-30)16-13-23-19-25(34)27(29(35)38-23)26(20-11-12-20)21-8-6-9-22(18-21)32-39(36,37)28-24(33)10-7-17-31-28/h3-10,14,17-20,26,32-34H,2,11-13,15-16H2,1H3. The average molecular weight is 549 g/mol. The highest BCUT2D eigenvalue weighted by Crippen LogP contribution is 2.48. The van der Waals surface area contributed by atoms with Crippen LogP contribution in [0.4, 0.5) is 5.69 Å². The van der Waals surface area contributed by atoms with Crippen molar-refractivity contribution in [3.05, 3.63) is 100 Å². The van der Waals surface area contributed by atoms with Gasteiger partial charge >= 0.3 is 5.63 Å². The van der Waals surface area contributed by atoms with Crippen molar-refractivity contribution in [3.63, 3.8) is 0 Å². The zero-order chi connectivity index (χ0) is 27.6. The van der Waals surface area contributed by atoms with E-state index in [1.807, 2.05) is 6.08 Å². The van der Waals surface area contributed by atoms with Gasteiger partial charge in [-0.25, -0.2) is 9.78 Å². The lowest BCUT2D eigenvalue weighted by Crippen LogP contribution is -2.20. The van der Waals surface area contributed by atoms with E-state index in [9.17, 15) is 23.4 Å². The molecule has 1 fully saturated rings. The molecular weight excluding hydrogens is 516 g/mol. The van der Waals surface area contributed by atoms with Crippen molar-refractivity contribution in [2.45, 2.75) is 56.4 Å². The van der Waals surface area contributed by atoms with Crippen LogP contribution in [0.2, 0.25) is 0 Å². The fraction of sp³-hybridized carbons (Fsp3) is 0.333. The molecule has 0 spiro atoms. The fourth-order valence-electron chi connectivity index (χ4n) is 5.35. The first kappa shape index (κ1) is 26.7. The Morgan fingerprint density at radius 1 is 1.13 bits per heavy atom. The van der Waals surface area contributed by atoms with Gasteiger partial charge in [0, 0.05) is 30.3 Å².